The van der Waals surface area contributed by atoms with Gasteiger partial charge in [-0.1, -0.05) is 18.5 Å². The molecule has 4 rings (SSSR count). The molecule has 22 heavy (non-hydrogen) atoms. The van der Waals surface area contributed by atoms with Gasteiger partial charge in [0.25, 0.3) is 5.91 Å². The number of ether oxygens (including phenoxy) is 1. The Morgan fingerprint density at radius 3 is 2.73 bits per heavy atom. The van der Waals surface area contributed by atoms with Gasteiger partial charge in [0.05, 0.1) is 10.4 Å². The molecule has 1 atom stereocenters. The molecule has 1 unspecified atom stereocenters. The first-order valence-electron chi connectivity index (χ1n) is 6.91. The quantitative estimate of drug-likeness (QED) is 0.869. The van der Waals surface area contributed by atoms with Crippen molar-refractivity contribution in [2.45, 2.75) is 25.3 Å². The maximum Gasteiger partial charge on any atom is 0.310 e. The number of hydrogen-bond acceptors (Lipinski definition) is 3. The van der Waals surface area contributed by atoms with Crippen molar-refractivity contribution < 1.29 is 23.8 Å². The Morgan fingerprint density at radius 1 is 1.50 bits per heavy atom. The van der Waals surface area contributed by atoms with E-state index in [1.54, 1.807) is 0 Å². The summed E-state index contributed by atoms with van der Waals surface area (Å²) >= 11 is 5.56. The molecule has 0 heterocycles. The van der Waals surface area contributed by atoms with E-state index in [0.29, 0.717) is 12.8 Å². The van der Waals surface area contributed by atoms with Gasteiger partial charge in [0.1, 0.15) is 11.6 Å². The predicted octanol–water partition coefficient (Wildman–Crippen LogP) is 2.23. The SMILES string of the molecule is CC1C2(NC(=O)COc3ccc(Cl)c(F)c3)CC1(C(=O)O)C2. The predicted molar refractivity (Wildman–Crippen MR) is 76.2 cm³/mol. The van der Waals surface area contributed by atoms with Crippen molar-refractivity contribution in [3.8, 4) is 5.75 Å². The van der Waals surface area contributed by atoms with E-state index in [1.165, 1.54) is 12.1 Å². The molecule has 0 spiro atoms. The Balaban J connectivity index is 1.52. The molecule has 0 radical (unpaired) electrons. The van der Waals surface area contributed by atoms with Crippen molar-refractivity contribution in [3.63, 3.8) is 0 Å². The summed E-state index contributed by atoms with van der Waals surface area (Å²) in [5.74, 6) is -1.64. The topological polar surface area (TPSA) is 75.6 Å². The van der Waals surface area contributed by atoms with Crippen LogP contribution in [0.4, 0.5) is 4.39 Å². The molecular formula is C15H15ClFNO4. The maximum absolute atomic E-state index is 13.2. The molecule has 1 aromatic carbocycles. The van der Waals surface area contributed by atoms with E-state index >= 15 is 0 Å². The highest BCUT2D eigenvalue weighted by Crippen LogP contribution is 2.71. The zero-order chi connectivity index (χ0) is 16.1. The van der Waals surface area contributed by atoms with Crippen LogP contribution < -0.4 is 10.1 Å². The van der Waals surface area contributed by atoms with Crippen LogP contribution in [0.15, 0.2) is 18.2 Å². The molecule has 1 aromatic rings. The number of amides is 1. The molecule has 0 aliphatic heterocycles. The summed E-state index contributed by atoms with van der Waals surface area (Å²) in [6.07, 6.45) is 0.912. The monoisotopic (exact) mass is 327 g/mol. The lowest BCUT2D eigenvalue weighted by Gasteiger charge is -2.73. The van der Waals surface area contributed by atoms with Crippen molar-refractivity contribution in [2.24, 2.45) is 11.3 Å². The molecule has 0 saturated heterocycles. The van der Waals surface area contributed by atoms with Crippen molar-refractivity contribution in [3.05, 3.63) is 29.0 Å². The molecule has 1 amide bonds. The van der Waals surface area contributed by atoms with Crippen LogP contribution in [-0.2, 0) is 9.59 Å². The summed E-state index contributed by atoms with van der Waals surface area (Å²) in [7, 11) is 0. The van der Waals surface area contributed by atoms with E-state index in [1.807, 2.05) is 6.92 Å². The third kappa shape index (κ3) is 2.05. The minimum Gasteiger partial charge on any atom is -0.484 e. The number of halogens is 2. The zero-order valence-electron chi connectivity index (χ0n) is 11.9. The second-order valence-electron chi connectivity index (χ2n) is 6.11. The molecule has 3 aliphatic carbocycles. The lowest BCUT2D eigenvalue weighted by molar-refractivity contribution is -0.233. The molecule has 3 aliphatic rings. The van der Waals surface area contributed by atoms with E-state index < -0.39 is 22.7 Å². The van der Waals surface area contributed by atoms with Gasteiger partial charge < -0.3 is 15.2 Å². The summed E-state index contributed by atoms with van der Waals surface area (Å²) in [4.78, 5) is 23.1. The van der Waals surface area contributed by atoms with Crippen LogP contribution >= 0.6 is 11.6 Å². The van der Waals surface area contributed by atoms with Crippen molar-refractivity contribution in [2.75, 3.05) is 6.61 Å². The van der Waals surface area contributed by atoms with Gasteiger partial charge in [-0.3, -0.25) is 9.59 Å². The molecule has 3 fully saturated rings. The van der Waals surface area contributed by atoms with Crippen LogP contribution in [0, 0.1) is 17.2 Å². The van der Waals surface area contributed by atoms with Crippen LogP contribution in [0.25, 0.3) is 0 Å². The van der Waals surface area contributed by atoms with Gasteiger partial charge in [0.15, 0.2) is 6.61 Å². The van der Waals surface area contributed by atoms with Crippen LogP contribution in [0.1, 0.15) is 19.8 Å². The van der Waals surface area contributed by atoms with E-state index in [-0.39, 0.29) is 29.2 Å². The second-order valence-corrected chi connectivity index (χ2v) is 6.51. The molecule has 2 N–H and O–H groups in total. The van der Waals surface area contributed by atoms with Crippen LogP contribution in [0.2, 0.25) is 5.02 Å². The lowest BCUT2D eigenvalue weighted by Crippen LogP contribution is -2.83. The van der Waals surface area contributed by atoms with E-state index in [9.17, 15) is 14.0 Å². The Kier molecular flexibility index (Phi) is 3.32. The van der Waals surface area contributed by atoms with Crippen molar-refractivity contribution >= 4 is 23.5 Å². The van der Waals surface area contributed by atoms with Gasteiger partial charge in [-0.05, 0) is 30.9 Å². The average molecular weight is 328 g/mol. The number of hydrogen-bond donors (Lipinski definition) is 2. The fourth-order valence-electron chi connectivity index (χ4n) is 3.52. The highest BCUT2D eigenvalue weighted by Gasteiger charge is 2.78. The normalized spacial score (nSPS) is 31.7. The summed E-state index contributed by atoms with van der Waals surface area (Å²) in [6, 6.07) is 3.93. The molecule has 0 aromatic heterocycles. The molecule has 2 bridgehead atoms. The number of nitrogens with one attached hydrogen (secondary N) is 1. The standard InChI is InChI=1S/C15H15ClFNO4/c1-8-14(13(20)21)6-15(8,7-14)18-12(19)5-22-9-2-3-10(16)11(17)4-9/h2-4,8H,5-7H2,1H3,(H,18,19)(H,20,21). The lowest BCUT2D eigenvalue weighted by atomic mass is 9.33. The molecular weight excluding hydrogens is 313 g/mol. The first-order chi connectivity index (χ1) is 10.3. The number of carbonyl (C=O) groups excluding carboxylic acids is 1. The van der Waals surface area contributed by atoms with E-state index in [2.05, 4.69) is 5.32 Å². The number of benzene rings is 1. The minimum absolute atomic E-state index is 0.0153. The number of carbonyl (C=O) groups is 2. The number of aliphatic carboxylic acids is 1. The van der Waals surface area contributed by atoms with Crippen LogP contribution in [-0.4, -0.2) is 29.1 Å². The Bertz CT molecular complexity index is 657. The molecule has 3 saturated carbocycles. The Morgan fingerprint density at radius 2 is 2.18 bits per heavy atom. The third-order valence-corrected chi connectivity index (χ3v) is 5.30. The molecule has 118 valence electrons. The smallest absolute Gasteiger partial charge is 0.310 e. The van der Waals surface area contributed by atoms with Gasteiger partial charge in [-0.2, -0.15) is 0 Å². The third-order valence-electron chi connectivity index (χ3n) is 4.99. The van der Waals surface area contributed by atoms with Crippen LogP contribution in [0.3, 0.4) is 0 Å². The first-order valence-corrected chi connectivity index (χ1v) is 7.29. The Hall–Kier alpha value is -1.82. The first kappa shape index (κ1) is 15.1. The summed E-state index contributed by atoms with van der Waals surface area (Å²) in [6.45, 7) is 1.58. The highest BCUT2D eigenvalue weighted by atomic mass is 35.5. The maximum atomic E-state index is 13.2. The fourth-order valence-corrected chi connectivity index (χ4v) is 3.63. The van der Waals surface area contributed by atoms with E-state index in [4.69, 9.17) is 21.4 Å². The molecule has 5 nitrogen and oxygen atoms in total. The Labute approximate surface area is 131 Å². The van der Waals surface area contributed by atoms with Gasteiger partial charge >= 0.3 is 5.97 Å². The van der Waals surface area contributed by atoms with E-state index in [0.717, 1.165) is 6.07 Å². The summed E-state index contributed by atoms with van der Waals surface area (Å²) in [5.41, 5.74) is -1.10. The van der Waals surface area contributed by atoms with Gasteiger partial charge in [-0.25, -0.2) is 4.39 Å². The number of rotatable bonds is 5. The summed E-state index contributed by atoms with van der Waals surface area (Å²) < 4.78 is 18.5. The van der Waals surface area contributed by atoms with Gasteiger partial charge in [-0.15, -0.1) is 0 Å². The number of carboxylic acids is 1. The average Bonchev–Trinajstić information content (AvgIpc) is 2.43. The van der Waals surface area contributed by atoms with Crippen LogP contribution in [0.5, 0.6) is 5.75 Å². The van der Waals surface area contributed by atoms with Gasteiger partial charge in [0.2, 0.25) is 0 Å². The van der Waals surface area contributed by atoms with Crippen molar-refractivity contribution in [1.29, 1.82) is 0 Å². The zero-order valence-corrected chi connectivity index (χ0v) is 12.6. The second kappa shape index (κ2) is 4.84. The largest absolute Gasteiger partial charge is 0.484 e. The molecule has 7 heteroatoms. The van der Waals surface area contributed by atoms with Crippen molar-refractivity contribution in [1.82, 2.24) is 5.32 Å². The highest BCUT2D eigenvalue weighted by molar-refractivity contribution is 6.30. The fraction of sp³-hybridized carbons (Fsp3) is 0.467. The minimum atomic E-state index is -0.802. The van der Waals surface area contributed by atoms with Gasteiger partial charge in [0, 0.05) is 11.6 Å². The number of carboxylic acid groups (broad SMARTS) is 1. The summed E-state index contributed by atoms with van der Waals surface area (Å²) in [5, 5.41) is 12.0.